The zero-order valence-corrected chi connectivity index (χ0v) is 11.8. The van der Waals surface area contributed by atoms with Crippen molar-refractivity contribution in [1.82, 2.24) is 0 Å². The average molecular weight is 254 g/mol. The van der Waals surface area contributed by atoms with Crippen LogP contribution in [0.3, 0.4) is 0 Å². The summed E-state index contributed by atoms with van der Waals surface area (Å²) in [5.41, 5.74) is -0.550. The van der Waals surface area contributed by atoms with Crippen LogP contribution in [0.2, 0.25) is 0 Å². The summed E-state index contributed by atoms with van der Waals surface area (Å²) in [6, 6.07) is 0. The van der Waals surface area contributed by atoms with E-state index in [1.54, 1.807) is 0 Å². The molecule has 0 amide bonds. The van der Waals surface area contributed by atoms with Crippen molar-refractivity contribution in [2.75, 3.05) is 0 Å². The van der Waals surface area contributed by atoms with Crippen LogP contribution in [0.1, 0.15) is 47.0 Å². The summed E-state index contributed by atoms with van der Waals surface area (Å²) in [5, 5.41) is 31.6. The van der Waals surface area contributed by atoms with Crippen molar-refractivity contribution < 1.29 is 15.3 Å². The first-order chi connectivity index (χ1) is 8.16. The van der Waals surface area contributed by atoms with Crippen LogP contribution in [0.15, 0.2) is 0 Å². The second-order valence-corrected chi connectivity index (χ2v) is 7.98. The normalized spacial score (nSPS) is 61.8. The van der Waals surface area contributed by atoms with Crippen molar-refractivity contribution >= 4 is 0 Å². The Labute approximate surface area is 109 Å². The Balaban J connectivity index is 2.16. The molecule has 104 valence electrons. The summed E-state index contributed by atoms with van der Waals surface area (Å²) in [4.78, 5) is 0. The predicted molar refractivity (Wildman–Crippen MR) is 68.8 cm³/mol. The fraction of sp³-hybridized carbons (Fsp3) is 1.00. The Hall–Kier alpha value is -0.120. The second kappa shape index (κ2) is 3.31. The number of hydrogen-bond acceptors (Lipinski definition) is 3. The Kier molecular flexibility index (Phi) is 2.37. The highest BCUT2D eigenvalue weighted by atomic mass is 16.3. The summed E-state index contributed by atoms with van der Waals surface area (Å²) < 4.78 is 0. The zero-order chi connectivity index (χ0) is 13.5. The SMILES string of the molecule is CC1(C)[C@H](O)CC[C@]2(C)[C@H]3[C@H](O)C[C@]2(C)C(O)[C@H]31. The molecule has 7 atom stereocenters. The van der Waals surface area contributed by atoms with Crippen LogP contribution in [0.25, 0.3) is 0 Å². The maximum Gasteiger partial charge on any atom is 0.0638 e. The van der Waals surface area contributed by atoms with Crippen molar-refractivity contribution in [3.8, 4) is 0 Å². The summed E-state index contributed by atoms with van der Waals surface area (Å²) in [5.74, 6) is 0.137. The molecule has 3 N–H and O–H groups in total. The van der Waals surface area contributed by atoms with Crippen molar-refractivity contribution in [2.45, 2.75) is 65.3 Å². The first kappa shape index (κ1) is 12.9. The van der Waals surface area contributed by atoms with Crippen LogP contribution in [0.4, 0.5) is 0 Å². The molecule has 3 aliphatic rings. The molecule has 3 fully saturated rings. The minimum Gasteiger partial charge on any atom is -0.393 e. The highest BCUT2D eigenvalue weighted by Gasteiger charge is 2.74. The Morgan fingerprint density at radius 3 is 2.11 bits per heavy atom. The number of hydrogen-bond donors (Lipinski definition) is 3. The van der Waals surface area contributed by atoms with Crippen molar-refractivity contribution in [2.24, 2.45) is 28.1 Å². The van der Waals surface area contributed by atoms with Gasteiger partial charge in [-0.05, 0) is 41.9 Å². The maximum absolute atomic E-state index is 10.8. The summed E-state index contributed by atoms with van der Waals surface area (Å²) in [6.45, 7) is 8.45. The van der Waals surface area contributed by atoms with Gasteiger partial charge in [-0.3, -0.25) is 0 Å². The van der Waals surface area contributed by atoms with Crippen LogP contribution in [-0.4, -0.2) is 33.6 Å². The number of aliphatic hydroxyl groups excluding tert-OH is 3. The Morgan fingerprint density at radius 2 is 1.50 bits per heavy atom. The van der Waals surface area contributed by atoms with Gasteiger partial charge < -0.3 is 15.3 Å². The minimum atomic E-state index is -0.402. The third-order valence-corrected chi connectivity index (χ3v) is 7.12. The van der Waals surface area contributed by atoms with Gasteiger partial charge in [0, 0.05) is 5.41 Å². The van der Waals surface area contributed by atoms with Crippen LogP contribution < -0.4 is 0 Å². The van der Waals surface area contributed by atoms with Gasteiger partial charge in [0.15, 0.2) is 0 Å². The van der Waals surface area contributed by atoms with Gasteiger partial charge in [-0.2, -0.15) is 0 Å². The number of rotatable bonds is 0. The third-order valence-electron chi connectivity index (χ3n) is 7.12. The van der Waals surface area contributed by atoms with Gasteiger partial charge in [-0.25, -0.2) is 0 Å². The first-order valence-electron chi connectivity index (χ1n) is 7.20. The quantitative estimate of drug-likeness (QED) is 0.614. The van der Waals surface area contributed by atoms with Crippen molar-refractivity contribution in [3.05, 3.63) is 0 Å². The fourth-order valence-corrected chi connectivity index (χ4v) is 5.64. The van der Waals surface area contributed by atoms with E-state index in [0.717, 1.165) is 12.8 Å². The van der Waals surface area contributed by atoms with Gasteiger partial charge in [0.25, 0.3) is 0 Å². The van der Waals surface area contributed by atoms with Gasteiger partial charge in [0.05, 0.1) is 18.3 Å². The zero-order valence-electron chi connectivity index (χ0n) is 11.8. The summed E-state index contributed by atoms with van der Waals surface area (Å²) >= 11 is 0. The average Bonchev–Trinajstić information content (AvgIpc) is 2.52. The van der Waals surface area contributed by atoms with E-state index in [1.807, 2.05) is 13.8 Å². The van der Waals surface area contributed by atoms with Gasteiger partial charge >= 0.3 is 0 Å². The van der Waals surface area contributed by atoms with Crippen LogP contribution in [0, 0.1) is 28.1 Å². The molecule has 0 spiro atoms. The van der Waals surface area contributed by atoms with E-state index < -0.39 is 6.10 Å². The molecule has 1 unspecified atom stereocenters. The Morgan fingerprint density at radius 1 is 0.889 bits per heavy atom. The first-order valence-corrected chi connectivity index (χ1v) is 7.20. The van der Waals surface area contributed by atoms with Crippen molar-refractivity contribution in [1.29, 1.82) is 0 Å². The van der Waals surface area contributed by atoms with E-state index in [2.05, 4.69) is 13.8 Å². The molecule has 0 heterocycles. The van der Waals surface area contributed by atoms with Gasteiger partial charge in [-0.1, -0.05) is 27.7 Å². The lowest BCUT2D eigenvalue weighted by Gasteiger charge is -2.47. The van der Waals surface area contributed by atoms with E-state index >= 15 is 0 Å². The molecule has 0 saturated heterocycles. The predicted octanol–water partition coefficient (Wildman–Crippen LogP) is 1.55. The lowest BCUT2D eigenvalue weighted by Crippen LogP contribution is -2.50. The topological polar surface area (TPSA) is 60.7 Å². The summed E-state index contributed by atoms with van der Waals surface area (Å²) in [6.07, 6.45) is 1.29. The fourth-order valence-electron chi connectivity index (χ4n) is 5.64. The highest BCUT2D eigenvalue weighted by molar-refractivity contribution is 5.23. The third kappa shape index (κ3) is 1.13. The van der Waals surface area contributed by atoms with E-state index in [1.165, 1.54) is 0 Å². The van der Waals surface area contributed by atoms with Crippen LogP contribution in [-0.2, 0) is 0 Å². The lowest BCUT2D eigenvalue weighted by molar-refractivity contribution is -0.118. The largest absolute Gasteiger partial charge is 0.393 e. The molecular formula is C15H26O3. The molecule has 18 heavy (non-hydrogen) atoms. The maximum atomic E-state index is 10.8. The molecule has 0 aromatic heterocycles. The standard InChI is InChI=1S/C15H26O3/c1-13(2)9(17)5-6-14(3)10-8(16)7-15(14,4)12(18)11(10)13/h8-12,16-18H,5-7H2,1-4H3/t8-,9-,10+,11+,12?,14-,15-/m1/s1. The van der Waals surface area contributed by atoms with E-state index in [-0.39, 0.29) is 40.3 Å². The molecule has 3 heteroatoms. The second-order valence-electron chi connectivity index (χ2n) is 7.98. The molecule has 0 aromatic rings. The van der Waals surface area contributed by atoms with Gasteiger partial charge in [0.2, 0.25) is 0 Å². The summed E-state index contributed by atoms with van der Waals surface area (Å²) in [7, 11) is 0. The molecular weight excluding hydrogens is 228 g/mol. The monoisotopic (exact) mass is 254 g/mol. The van der Waals surface area contributed by atoms with Gasteiger partial charge in [-0.15, -0.1) is 0 Å². The molecule has 4 bridgehead atoms. The molecule has 3 saturated carbocycles. The molecule has 3 aliphatic carbocycles. The molecule has 3 rings (SSSR count). The molecule has 0 aliphatic heterocycles. The smallest absolute Gasteiger partial charge is 0.0638 e. The van der Waals surface area contributed by atoms with Gasteiger partial charge in [0.1, 0.15) is 0 Å². The Bertz CT molecular complexity index is 380. The highest BCUT2D eigenvalue weighted by Crippen LogP contribution is 2.73. The van der Waals surface area contributed by atoms with Crippen LogP contribution >= 0.6 is 0 Å². The van der Waals surface area contributed by atoms with Crippen LogP contribution in [0.5, 0.6) is 0 Å². The van der Waals surface area contributed by atoms with E-state index in [4.69, 9.17) is 0 Å². The van der Waals surface area contributed by atoms with E-state index in [9.17, 15) is 15.3 Å². The molecule has 0 aromatic carbocycles. The van der Waals surface area contributed by atoms with Crippen molar-refractivity contribution in [3.63, 3.8) is 0 Å². The van der Waals surface area contributed by atoms with E-state index in [0.29, 0.717) is 6.42 Å². The molecule has 0 radical (unpaired) electrons. The minimum absolute atomic E-state index is 0.00810. The number of aliphatic hydroxyl groups is 3. The molecule has 3 nitrogen and oxygen atoms in total. The lowest BCUT2D eigenvalue weighted by atomic mass is 9.62.